The summed E-state index contributed by atoms with van der Waals surface area (Å²) in [5.41, 5.74) is 0.280. The van der Waals surface area contributed by atoms with E-state index in [0.717, 1.165) is 0 Å². The van der Waals surface area contributed by atoms with E-state index in [4.69, 9.17) is 0 Å². The number of nitrogens with one attached hydrogen (secondary N) is 1. The van der Waals surface area contributed by atoms with E-state index < -0.39 is 12.0 Å². The Morgan fingerprint density at radius 2 is 2.00 bits per heavy atom. The molecule has 2 N–H and O–H groups in total. The van der Waals surface area contributed by atoms with Crippen LogP contribution in [0.4, 0.5) is 8.78 Å². The van der Waals surface area contributed by atoms with Crippen molar-refractivity contribution in [1.29, 1.82) is 0 Å². The lowest BCUT2D eigenvalue weighted by Gasteiger charge is -2.32. The van der Waals surface area contributed by atoms with Crippen molar-refractivity contribution >= 4 is 12.4 Å². The quantitative estimate of drug-likeness (QED) is 0.802. The number of phenolic OH excluding ortho intramolecular Hbond substituents is 1. The summed E-state index contributed by atoms with van der Waals surface area (Å²) in [5, 5.41) is 12.3. The summed E-state index contributed by atoms with van der Waals surface area (Å²) in [6, 6.07) is 5.18. The first-order valence-electron chi connectivity index (χ1n) is 5.00. The van der Waals surface area contributed by atoms with Crippen LogP contribution in [0, 0.1) is 0 Å². The zero-order valence-corrected chi connectivity index (χ0v) is 9.44. The number of hydrogen-bond acceptors (Lipinski definition) is 2. The molecule has 16 heavy (non-hydrogen) atoms. The molecule has 2 rings (SSSR count). The number of rotatable bonds is 1. The van der Waals surface area contributed by atoms with Gasteiger partial charge in [-0.2, -0.15) is 0 Å². The van der Waals surface area contributed by atoms with Gasteiger partial charge >= 0.3 is 0 Å². The Bertz CT molecular complexity index is 360. The molecule has 0 spiro atoms. The van der Waals surface area contributed by atoms with Gasteiger partial charge in [-0.15, -0.1) is 12.4 Å². The fraction of sp³-hybridized carbons (Fsp3) is 0.455. The average Bonchev–Trinajstić information content (AvgIpc) is 2.19. The van der Waals surface area contributed by atoms with E-state index in [-0.39, 0.29) is 30.1 Å². The van der Waals surface area contributed by atoms with Crippen LogP contribution in [0.3, 0.4) is 0 Å². The third kappa shape index (κ3) is 2.44. The summed E-state index contributed by atoms with van der Waals surface area (Å²) in [6.45, 7) is 0.564. The zero-order valence-electron chi connectivity index (χ0n) is 8.62. The van der Waals surface area contributed by atoms with Gasteiger partial charge in [-0.25, -0.2) is 8.78 Å². The van der Waals surface area contributed by atoms with Gasteiger partial charge in [-0.05, 0) is 19.0 Å². The SMILES string of the molecule is Cl.Oc1ccccc1C1NCCCC1(F)F. The molecule has 1 aromatic carbocycles. The predicted molar refractivity (Wildman–Crippen MR) is 60.3 cm³/mol. The maximum absolute atomic E-state index is 13.6. The van der Waals surface area contributed by atoms with Crippen molar-refractivity contribution in [3.05, 3.63) is 29.8 Å². The first-order chi connectivity index (χ1) is 7.11. The number of hydrogen-bond donors (Lipinski definition) is 2. The molecule has 2 nitrogen and oxygen atoms in total. The molecule has 0 radical (unpaired) electrons. The molecule has 0 bridgehead atoms. The summed E-state index contributed by atoms with van der Waals surface area (Å²) in [7, 11) is 0. The number of aromatic hydroxyl groups is 1. The van der Waals surface area contributed by atoms with Crippen LogP contribution in [-0.4, -0.2) is 17.6 Å². The fourth-order valence-electron chi connectivity index (χ4n) is 1.93. The van der Waals surface area contributed by atoms with Crippen molar-refractivity contribution in [2.75, 3.05) is 6.54 Å². The highest BCUT2D eigenvalue weighted by Gasteiger charge is 2.43. The second-order valence-electron chi connectivity index (χ2n) is 3.81. The Labute approximate surface area is 99.1 Å². The molecule has 1 aliphatic heterocycles. The minimum Gasteiger partial charge on any atom is -0.508 e. The van der Waals surface area contributed by atoms with Gasteiger partial charge in [0, 0.05) is 12.0 Å². The van der Waals surface area contributed by atoms with Crippen molar-refractivity contribution < 1.29 is 13.9 Å². The van der Waals surface area contributed by atoms with Gasteiger partial charge in [0.15, 0.2) is 0 Å². The van der Waals surface area contributed by atoms with E-state index in [1.54, 1.807) is 12.1 Å². The van der Waals surface area contributed by atoms with Crippen LogP contribution in [0.15, 0.2) is 24.3 Å². The lowest BCUT2D eigenvalue weighted by molar-refractivity contribution is -0.0625. The van der Waals surface area contributed by atoms with Crippen LogP contribution >= 0.6 is 12.4 Å². The van der Waals surface area contributed by atoms with Crippen molar-refractivity contribution in [3.63, 3.8) is 0 Å². The maximum atomic E-state index is 13.6. The molecule has 0 aliphatic carbocycles. The minimum absolute atomic E-state index is 0. The topological polar surface area (TPSA) is 32.3 Å². The van der Waals surface area contributed by atoms with E-state index in [1.807, 2.05) is 0 Å². The van der Waals surface area contributed by atoms with E-state index in [9.17, 15) is 13.9 Å². The fourth-order valence-corrected chi connectivity index (χ4v) is 1.93. The molecule has 0 amide bonds. The molecule has 90 valence electrons. The van der Waals surface area contributed by atoms with Gasteiger partial charge in [0.25, 0.3) is 5.92 Å². The monoisotopic (exact) mass is 249 g/mol. The number of piperidine rings is 1. The molecule has 1 fully saturated rings. The van der Waals surface area contributed by atoms with Gasteiger partial charge in [-0.3, -0.25) is 0 Å². The van der Waals surface area contributed by atoms with Gasteiger partial charge in [0.1, 0.15) is 11.8 Å². The van der Waals surface area contributed by atoms with Crippen molar-refractivity contribution in [2.45, 2.75) is 24.8 Å². The highest BCUT2D eigenvalue weighted by Crippen LogP contribution is 2.40. The Balaban J connectivity index is 0.00000128. The molecule has 1 aliphatic rings. The molecular formula is C11H14ClF2NO. The molecule has 0 aromatic heterocycles. The molecule has 1 heterocycles. The summed E-state index contributed by atoms with van der Waals surface area (Å²) in [4.78, 5) is 0. The Kier molecular flexibility index (Phi) is 4.10. The molecule has 1 atom stereocenters. The number of alkyl halides is 2. The summed E-state index contributed by atoms with van der Waals surface area (Å²) < 4.78 is 27.1. The van der Waals surface area contributed by atoms with Crippen LogP contribution in [0.1, 0.15) is 24.4 Å². The third-order valence-corrected chi connectivity index (χ3v) is 2.71. The number of benzene rings is 1. The average molecular weight is 250 g/mol. The molecule has 1 saturated heterocycles. The van der Waals surface area contributed by atoms with E-state index in [1.165, 1.54) is 12.1 Å². The largest absolute Gasteiger partial charge is 0.508 e. The van der Waals surface area contributed by atoms with Crippen molar-refractivity contribution in [1.82, 2.24) is 5.32 Å². The van der Waals surface area contributed by atoms with Crippen LogP contribution in [-0.2, 0) is 0 Å². The van der Waals surface area contributed by atoms with Crippen LogP contribution < -0.4 is 5.32 Å². The van der Waals surface area contributed by atoms with Crippen molar-refractivity contribution in [2.24, 2.45) is 0 Å². The Hall–Kier alpha value is -0.870. The van der Waals surface area contributed by atoms with Crippen LogP contribution in [0.5, 0.6) is 5.75 Å². The molecular weight excluding hydrogens is 236 g/mol. The third-order valence-electron chi connectivity index (χ3n) is 2.71. The van der Waals surface area contributed by atoms with Gasteiger partial charge < -0.3 is 10.4 Å². The molecule has 1 aromatic rings. The Morgan fingerprint density at radius 1 is 1.31 bits per heavy atom. The van der Waals surface area contributed by atoms with Gasteiger partial charge in [0.05, 0.1) is 0 Å². The van der Waals surface area contributed by atoms with Crippen LogP contribution in [0.25, 0.3) is 0 Å². The predicted octanol–water partition coefficient (Wildman–Crippen LogP) is 2.87. The second-order valence-corrected chi connectivity index (χ2v) is 3.81. The molecule has 0 saturated carbocycles. The number of halogens is 3. The number of para-hydroxylation sites is 1. The smallest absolute Gasteiger partial charge is 0.267 e. The first kappa shape index (κ1) is 13.2. The Morgan fingerprint density at radius 3 is 2.62 bits per heavy atom. The van der Waals surface area contributed by atoms with Crippen LogP contribution in [0.2, 0.25) is 0 Å². The number of phenols is 1. The van der Waals surface area contributed by atoms with Gasteiger partial charge in [-0.1, -0.05) is 18.2 Å². The summed E-state index contributed by atoms with van der Waals surface area (Å²) >= 11 is 0. The highest BCUT2D eigenvalue weighted by atomic mass is 35.5. The lowest BCUT2D eigenvalue weighted by Crippen LogP contribution is -2.42. The standard InChI is InChI=1S/C11H13F2NO.ClH/c12-11(13)6-3-7-14-10(11)8-4-1-2-5-9(8)15;/h1-2,4-5,10,14-15H,3,6-7H2;1H. The lowest BCUT2D eigenvalue weighted by atomic mass is 9.93. The molecule has 1 unspecified atom stereocenters. The second kappa shape index (κ2) is 4.97. The summed E-state index contributed by atoms with van der Waals surface area (Å²) in [6.07, 6.45) is 0.343. The normalized spacial score (nSPS) is 23.5. The first-order valence-corrected chi connectivity index (χ1v) is 5.00. The highest BCUT2D eigenvalue weighted by molar-refractivity contribution is 5.85. The van der Waals surface area contributed by atoms with E-state index in [0.29, 0.717) is 13.0 Å². The van der Waals surface area contributed by atoms with E-state index >= 15 is 0 Å². The van der Waals surface area contributed by atoms with E-state index in [2.05, 4.69) is 5.32 Å². The zero-order chi connectivity index (χ0) is 10.9. The van der Waals surface area contributed by atoms with Gasteiger partial charge in [0.2, 0.25) is 0 Å². The summed E-state index contributed by atoms with van der Waals surface area (Å²) in [5.74, 6) is -2.85. The maximum Gasteiger partial charge on any atom is 0.267 e. The molecule has 5 heteroatoms. The van der Waals surface area contributed by atoms with Crippen molar-refractivity contribution in [3.8, 4) is 5.75 Å². The minimum atomic E-state index is -2.78.